The normalized spacial score (nSPS) is 13.0. The minimum Gasteiger partial charge on any atom is -0.298 e. The van der Waals surface area contributed by atoms with Crippen molar-refractivity contribution in [3.8, 4) is 0 Å². The average molecular weight is 535 g/mol. The summed E-state index contributed by atoms with van der Waals surface area (Å²) in [6, 6.07) is 10.9. The number of aromatic nitrogens is 4. The number of H-pyrrole nitrogens is 1. The lowest BCUT2D eigenvalue weighted by Gasteiger charge is -2.23. The molecule has 0 saturated heterocycles. The van der Waals surface area contributed by atoms with Crippen LogP contribution >= 0.6 is 15.9 Å². The van der Waals surface area contributed by atoms with Crippen molar-refractivity contribution in [1.82, 2.24) is 30.0 Å². The summed E-state index contributed by atoms with van der Waals surface area (Å²) >= 11 is 3.40. The van der Waals surface area contributed by atoms with Gasteiger partial charge in [0, 0.05) is 34.8 Å². The standard InChI is InChI=1S/C24H16BrFN6O3/c25-17-6-5-14(13-31-19-4-1-3-18(26)20(19)22(33)30-24(31)35)11-16(17)23(34)32-10-7-15(12-29-32)21-27-8-2-9-28-21/h1-12,29H,13H2,(H,30,33,35). The number of amides is 1. The smallest absolute Gasteiger partial charge is 0.298 e. The molecule has 9 nitrogen and oxygen atoms in total. The minimum atomic E-state index is -0.790. The molecular formula is C24H16BrFN6O3. The maximum atomic E-state index is 14.2. The Hall–Kier alpha value is -4.38. The Morgan fingerprint density at radius 2 is 1.89 bits per heavy atom. The molecule has 5 rings (SSSR count). The van der Waals surface area contributed by atoms with E-state index in [0.29, 0.717) is 27.0 Å². The number of halogens is 2. The Balaban J connectivity index is 1.44. The molecule has 11 heteroatoms. The van der Waals surface area contributed by atoms with Gasteiger partial charge < -0.3 is 0 Å². The predicted octanol–water partition coefficient (Wildman–Crippen LogP) is 2.94. The lowest BCUT2D eigenvalue weighted by atomic mass is 10.1. The van der Waals surface area contributed by atoms with E-state index in [2.05, 4.69) is 36.3 Å². The van der Waals surface area contributed by atoms with Gasteiger partial charge in [-0.25, -0.2) is 24.2 Å². The van der Waals surface area contributed by atoms with E-state index < -0.39 is 17.1 Å². The van der Waals surface area contributed by atoms with Crippen molar-refractivity contribution in [2.75, 3.05) is 0 Å². The Morgan fingerprint density at radius 3 is 2.63 bits per heavy atom. The van der Waals surface area contributed by atoms with Crippen LogP contribution in [0, 0.1) is 5.82 Å². The third-order valence-electron chi connectivity index (χ3n) is 5.38. The number of fused-ring (bicyclic) bond motifs is 1. The number of hydrogen-bond acceptors (Lipinski definition) is 6. The number of nitrogens with one attached hydrogen (secondary N) is 2. The summed E-state index contributed by atoms with van der Waals surface area (Å²) in [5.74, 6) is -0.564. The summed E-state index contributed by atoms with van der Waals surface area (Å²) in [7, 11) is 0. The Kier molecular flexibility index (Phi) is 5.83. The van der Waals surface area contributed by atoms with Crippen molar-refractivity contribution in [2.45, 2.75) is 6.54 Å². The van der Waals surface area contributed by atoms with Crippen LogP contribution in [0.25, 0.3) is 16.5 Å². The fraction of sp³-hybridized carbons (Fsp3) is 0.0417. The molecule has 35 heavy (non-hydrogen) atoms. The molecule has 0 bridgehead atoms. The summed E-state index contributed by atoms with van der Waals surface area (Å²) in [5, 5.41) is 1.10. The van der Waals surface area contributed by atoms with Gasteiger partial charge in [0.15, 0.2) is 5.82 Å². The molecular weight excluding hydrogens is 519 g/mol. The molecule has 1 aliphatic heterocycles. The van der Waals surface area contributed by atoms with Gasteiger partial charge in [-0.3, -0.25) is 24.6 Å². The lowest BCUT2D eigenvalue weighted by Crippen LogP contribution is -2.37. The number of nitrogens with zero attached hydrogens (tertiary/aromatic N) is 4. The average Bonchev–Trinajstić information content (AvgIpc) is 2.87. The maximum absolute atomic E-state index is 14.2. The zero-order valence-electron chi connectivity index (χ0n) is 17.9. The summed E-state index contributed by atoms with van der Waals surface area (Å²) < 4.78 is 16.0. The molecule has 2 aromatic carbocycles. The lowest BCUT2D eigenvalue weighted by molar-refractivity contribution is 0.0779. The van der Waals surface area contributed by atoms with Crippen LogP contribution in [-0.2, 0) is 6.54 Å². The molecule has 0 unspecified atom stereocenters. The molecule has 0 aliphatic carbocycles. The number of rotatable bonds is 4. The first-order valence-corrected chi connectivity index (χ1v) is 11.2. The molecule has 2 N–H and O–H groups in total. The zero-order chi connectivity index (χ0) is 24.5. The Labute approximate surface area is 205 Å². The van der Waals surface area contributed by atoms with Crippen LogP contribution in [0.2, 0.25) is 0 Å². The third kappa shape index (κ3) is 4.28. The molecule has 0 atom stereocenters. The summed E-state index contributed by atoms with van der Waals surface area (Å²) in [6.45, 7) is 0.0157. The van der Waals surface area contributed by atoms with Gasteiger partial charge in [-0.2, -0.15) is 0 Å². The molecule has 3 heterocycles. The van der Waals surface area contributed by atoms with Crippen molar-refractivity contribution >= 4 is 38.3 Å². The first kappa shape index (κ1) is 22.4. The maximum Gasteiger partial charge on any atom is 0.329 e. The van der Waals surface area contributed by atoms with Crippen LogP contribution in [0.15, 0.2) is 87.4 Å². The number of benzene rings is 2. The quantitative estimate of drug-likeness (QED) is 0.416. The molecule has 1 aliphatic rings. The van der Waals surface area contributed by atoms with Crippen LogP contribution in [-0.4, -0.2) is 30.4 Å². The van der Waals surface area contributed by atoms with Gasteiger partial charge >= 0.3 is 5.69 Å². The predicted molar refractivity (Wildman–Crippen MR) is 130 cm³/mol. The highest BCUT2D eigenvalue weighted by molar-refractivity contribution is 9.10. The van der Waals surface area contributed by atoms with Crippen LogP contribution in [0.1, 0.15) is 21.7 Å². The second-order valence-electron chi connectivity index (χ2n) is 7.59. The van der Waals surface area contributed by atoms with Crippen molar-refractivity contribution in [2.24, 2.45) is 0 Å². The van der Waals surface area contributed by atoms with Crippen LogP contribution < -0.4 is 16.7 Å². The molecule has 2 aromatic heterocycles. The monoisotopic (exact) mass is 534 g/mol. The van der Waals surface area contributed by atoms with Gasteiger partial charge in [0.05, 0.1) is 23.0 Å². The van der Waals surface area contributed by atoms with Crippen molar-refractivity contribution in [3.63, 3.8) is 0 Å². The molecule has 1 amide bonds. The molecule has 174 valence electrons. The van der Waals surface area contributed by atoms with Gasteiger partial charge in [0.25, 0.3) is 11.5 Å². The van der Waals surface area contributed by atoms with Crippen LogP contribution in [0.5, 0.6) is 0 Å². The highest BCUT2D eigenvalue weighted by Gasteiger charge is 2.20. The Bertz CT molecular complexity index is 1650. The minimum absolute atomic E-state index is 0.0157. The molecule has 0 fully saturated rings. The Morgan fingerprint density at radius 1 is 1.09 bits per heavy atom. The third-order valence-corrected chi connectivity index (χ3v) is 6.07. The highest BCUT2D eigenvalue weighted by Crippen LogP contribution is 2.23. The van der Waals surface area contributed by atoms with Gasteiger partial charge in [0.1, 0.15) is 5.82 Å². The fourth-order valence-electron chi connectivity index (χ4n) is 3.70. The van der Waals surface area contributed by atoms with E-state index in [4.69, 9.17) is 0 Å². The van der Waals surface area contributed by atoms with E-state index in [9.17, 15) is 18.8 Å². The number of aromatic amines is 1. The molecule has 0 saturated carbocycles. The first-order chi connectivity index (χ1) is 16.9. The number of hydrogen-bond donors (Lipinski definition) is 2. The van der Waals surface area contributed by atoms with Gasteiger partial charge in [-0.1, -0.05) is 12.1 Å². The van der Waals surface area contributed by atoms with Crippen LogP contribution in [0.3, 0.4) is 0 Å². The van der Waals surface area contributed by atoms with Crippen molar-refractivity contribution < 1.29 is 9.18 Å². The number of allylic oxidation sites excluding steroid dienone is 2. The van der Waals surface area contributed by atoms with Crippen molar-refractivity contribution in [1.29, 1.82) is 0 Å². The second-order valence-corrected chi connectivity index (χ2v) is 8.44. The second kappa shape index (κ2) is 9.11. The van der Waals surface area contributed by atoms with Gasteiger partial charge in [-0.05, 0) is 57.9 Å². The SMILES string of the molecule is O=C(c1cc(Cn2c(=O)[nH]c(=O)c3c(F)cccc32)ccc1Br)N1C=CC(c2ncccn2)=CN1. The molecule has 4 aromatic rings. The largest absolute Gasteiger partial charge is 0.329 e. The van der Waals surface area contributed by atoms with E-state index in [1.807, 2.05) is 0 Å². The number of carbonyl (C=O) groups is 1. The van der Waals surface area contributed by atoms with Crippen molar-refractivity contribution in [3.05, 3.63) is 121 Å². The van der Waals surface area contributed by atoms with Gasteiger partial charge in [0.2, 0.25) is 0 Å². The van der Waals surface area contributed by atoms with E-state index in [-0.39, 0.29) is 23.4 Å². The number of carbonyl (C=O) groups excluding carboxylic acids is 1. The van der Waals surface area contributed by atoms with E-state index in [1.54, 1.807) is 55.1 Å². The number of hydrazine groups is 1. The van der Waals surface area contributed by atoms with E-state index >= 15 is 0 Å². The summed E-state index contributed by atoms with van der Waals surface area (Å²) in [6.07, 6.45) is 8.15. The van der Waals surface area contributed by atoms with Gasteiger partial charge in [-0.15, -0.1) is 0 Å². The van der Waals surface area contributed by atoms with E-state index in [1.165, 1.54) is 21.7 Å². The summed E-state index contributed by atoms with van der Waals surface area (Å²) in [5.41, 5.74) is 3.25. The fourth-order valence-corrected chi connectivity index (χ4v) is 4.12. The first-order valence-electron chi connectivity index (χ1n) is 10.4. The highest BCUT2D eigenvalue weighted by atomic mass is 79.9. The summed E-state index contributed by atoms with van der Waals surface area (Å²) in [4.78, 5) is 48.3. The van der Waals surface area contributed by atoms with E-state index in [0.717, 1.165) is 6.07 Å². The topological polar surface area (TPSA) is 113 Å². The van der Waals surface area contributed by atoms with Crippen LogP contribution in [0.4, 0.5) is 4.39 Å². The molecule has 0 radical (unpaired) electrons. The molecule has 0 spiro atoms. The zero-order valence-corrected chi connectivity index (χ0v) is 19.5.